The molecular weight excluding hydrogens is 572 g/mol. The average Bonchev–Trinajstić information content (AvgIpc) is 3.76. The fraction of sp³-hybridized carbons (Fsp3) is 0.919. The van der Waals surface area contributed by atoms with Gasteiger partial charge in [0.25, 0.3) is 0 Å². The van der Waals surface area contributed by atoms with E-state index in [0.717, 1.165) is 77.0 Å². The summed E-state index contributed by atoms with van der Waals surface area (Å²) < 4.78 is 17.7. The van der Waals surface area contributed by atoms with Crippen molar-refractivity contribution in [1.82, 2.24) is 0 Å². The summed E-state index contributed by atoms with van der Waals surface area (Å²) in [6.07, 6.45) is 21.8. The molecule has 0 aliphatic carbocycles. The van der Waals surface area contributed by atoms with Gasteiger partial charge in [-0.05, 0) is 70.8 Å². The molecule has 2 saturated heterocycles. The molecule has 262 valence electrons. The Hall–Kier alpha value is -1.03. The Morgan fingerprint density at radius 1 is 0.711 bits per heavy atom. The second kappa shape index (κ2) is 21.8. The molecule has 3 heterocycles. The quantitative estimate of drug-likeness (QED) is 0.0634. The Balaban J connectivity index is 1.17. The summed E-state index contributed by atoms with van der Waals surface area (Å²) in [5, 5.41) is 41.8. The minimum Gasteiger partial charge on any atom is -0.455 e. The number of esters is 1. The van der Waals surface area contributed by atoms with Crippen LogP contribution in [0.25, 0.3) is 0 Å². The number of carbonyl (C=O) groups is 1. The number of unbranched alkanes of at least 4 members (excludes halogenated alkanes) is 11. The second-order valence-electron chi connectivity index (χ2n) is 14.2. The van der Waals surface area contributed by atoms with E-state index >= 15 is 0 Å². The maximum Gasteiger partial charge on any atom is 0.334 e. The van der Waals surface area contributed by atoms with Crippen molar-refractivity contribution in [2.24, 2.45) is 0 Å². The summed E-state index contributed by atoms with van der Waals surface area (Å²) in [5.74, 6) is -0.290. The smallest absolute Gasteiger partial charge is 0.334 e. The first-order valence-corrected chi connectivity index (χ1v) is 18.7. The molecule has 45 heavy (non-hydrogen) atoms. The zero-order valence-corrected chi connectivity index (χ0v) is 28.5. The van der Waals surface area contributed by atoms with Gasteiger partial charge in [0.2, 0.25) is 0 Å². The van der Waals surface area contributed by atoms with E-state index in [9.17, 15) is 25.2 Å². The van der Waals surface area contributed by atoms with Crippen molar-refractivity contribution < 1.29 is 39.4 Å². The molecule has 0 bridgehead atoms. The van der Waals surface area contributed by atoms with Crippen LogP contribution in [-0.4, -0.2) is 81.3 Å². The number of ether oxygens (including phenoxy) is 3. The minimum atomic E-state index is -0.794. The van der Waals surface area contributed by atoms with Crippen molar-refractivity contribution in [1.29, 1.82) is 0 Å². The number of carbonyl (C=O) groups excluding carboxylic acids is 1. The molecule has 8 nitrogen and oxygen atoms in total. The first-order chi connectivity index (χ1) is 21.8. The van der Waals surface area contributed by atoms with E-state index in [2.05, 4.69) is 6.92 Å². The zero-order chi connectivity index (χ0) is 32.4. The lowest BCUT2D eigenvalue weighted by atomic mass is 9.97. The predicted molar refractivity (Wildman–Crippen MR) is 177 cm³/mol. The zero-order valence-electron chi connectivity index (χ0n) is 28.5. The maximum absolute atomic E-state index is 11.7. The van der Waals surface area contributed by atoms with Crippen LogP contribution < -0.4 is 0 Å². The normalized spacial score (nSPS) is 27.8. The Morgan fingerprint density at radius 2 is 1.31 bits per heavy atom. The highest BCUT2D eigenvalue weighted by atomic mass is 16.6. The van der Waals surface area contributed by atoms with Crippen LogP contribution in [0.2, 0.25) is 0 Å². The van der Waals surface area contributed by atoms with E-state index in [1.165, 1.54) is 38.5 Å². The fourth-order valence-corrected chi connectivity index (χ4v) is 7.28. The molecule has 0 aromatic rings. The van der Waals surface area contributed by atoms with Gasteiger partial charge in [-0.2, -0.15) is 0 Å². The van der Waals surface area contributed by atoms with Crippen LogP contribution in [0, 0.1) is 0 Å². The topological polar surface area (TPSA) is 126 Å². The molecule has 0 saturated carbocycles. The van der Waals surface area contributed by atoms with Gasteiger partial charge in [0.05, 0.1) is 48.8 Å². The molecule has 0 radical (unpaired) electrons. The molecule has 2 fully saturated rings. The molecule has 0 aromatic carbocycles. The summed E-state index contributed by atoms with van der Waals surface area (Å²) >= 11 is 0. The van der Waals surface area contributed by atoms with Gasteiger partial charge in [0, 0.05) is 12.0 Å². The monoisotopic (exact) mass is 638 g/mol. The van der Waals surface area contributed by atoms with Crippen LogP contribution in [0.1, 0.15) is 162 Å². The van der Waals surface area contributed by atoms with E-state index in [4.69, 9.17) is 14.2 Å². The SMILES string of the molecule is CCCCCCCCCC[C@@H](O)[C@H](O)CC[C@@H](O)[C@H]1CC[C@@H]([C@H]2CC[C@@H](CCCCCCCC(O)CC3=C[C@H](C)OC3=O)O2)O1. The second-order valence-corrected chi connectivity index (χ2v) is 14.2. The van der Waals surface area contributed by atoms with Crippen molar-refractivity contribution in [3.05, 3.63) is 11.6 Å². The Bertz CT molecular complexity index is 833. The van der Waals surface area contributed by atoms with Gasteiger partial charge in [-0.1, -0.05) is 90.4 Å². The van der Waals surface area contributed by atoms with Crippen LogP contribution in [0.15, 0.2) is 11.6 Å². The van der Waals surface area contributed by atoms with Crippen molar-refractivity contribution in [2.75, 3.05) is 0 Å². The standard InChI is InChI=1S/C37H66O8/c1-3-4-5-6-7-8-12-15-18-31(39)32(40)20-21-33(41)34-23-24-36(45-34)35-22-19-30(44-35)17-14-11-9-10-13-16-29(38)26-28-25-27(2)43-37(28)42/h25,27,29-36,38-41H,3-24,26H2,1-2H3/t27-,29?,30+,31+,32+,33+,34+,35+,36-/m0/s1. The molecule has 3 aliphatic heterocycles. The molecule has 3 rings (SSSR count). The highest BCUT2D eigenvalue weighted by Crippen LogP contribution is 2.34. The van der Waals surface area contributed by atoms with E-state index in [-0.39, 0.29) is 36.5 Å². The Kier molecular flexibility index (Phi) is 18.6. The largest absolute Gasteiger partial charge is 0.455 e. The average molecular weight is 639 g/mol. The molecule has 4 N–H and O–H groups in total. The van der Waals surface area contributed by atoms with Gasteiger partial charge in [-0.15, -0.1) is 0 Å². The lowest BCUT2D eigenvalue weighted by Crippen LogP contribution is -2.33. The summed E-state index contributed by atoms with van der Waals surface area (Å²) in [7, 11) is 0. The third-order valence-corrected chi connectivity index (χ3v) is 10.1. The Morgan fingerprint density at radius 3 is 2.00 bits per heavy atom. The molecule has 3 aliphatic rings. The minimum absolute atomic E-state index is 0.0311. The summed E-state index contributed by atoms with van der Waals surface area (Å²) in [6.45, 7) is 4.06. The molecule has 0 aromatic heterocycles. The van der Waals surface area contributed by atoms with Gasteiger partial charge in [0.1, 0.15) is 6.10 Å². The van der Waals surface area contributed by atoms with Crippen molar-refractivity contribution in [3.8, 4) is 0 Å². The van der Waals surface area contributed by atoms with Gasteiger partial charge in [0.15, 0.2) is 0 Å². The van der Waals surface area contributed by atoms with Gasteiger partial charge >= 0.3 is 5.97 Å². The van der Waals surface area contributed by atoms with Crippen molar-refractivity contribution in [2.45, 2.75) is 216 Å². The first kappa shape index (κ1) is 38.4. The van der Waals surface area contributed by atoms with Crippen LogP contribution in [0.5, 0.6) is 0 Å². The highest BCUT2D eigenvalue weighted by Gasteiger charge is 2.39. The predicted octanol–water partition coefficient (Wildman–Crippen LogP) is 6.83. The molecule has 0 spiro atoms. The van der Waals surface area contributed by atoms with Gasteiger partial charge < -0.3 is 34.6 Å². The van der Waals surface area contributed by atoms with Gasteiger partial charge in [-0.25, -0.2) is 4.79 Å². The van der Waals surface area contributed by atoms with Gasteiger partial charge in [-0.3, -0.25) is 0 Å². The van der Waals surface area contributed by atoms with E-state index < -0.39 is 24.4 Å². The number of cyclic esters (lactones) is 1. The number of aliphatic hydroxyl groups is 4. The number of hydrogen-bond donors (Lipinski definition) is 4. The molecule has 0 amide bonds. The number of rotatable bonds is 25. The first-order valence-electron chi connectivity index (χ1n) is 18.7. The lowest BCUT2D eigenvalue weighted by Gasteiger charge is -2.24. The number of aliphatic hydroxyl groups excluding tert-OH is 4. The summed E-state index contributed by atoms with van der Waals surface area (Å²) in [4.78, 5) is 11.7. The maximum atomic E-state index is 11.7. The fourth-order valence-electron chi connectivity index (χ4n) is 7.28. The van der Waals surface area contributed by atoms with E-state index in [1.807, 2.05) is 13.0 Å². The molecule has 9 atom stereocenters. The van der Waals surface area contributed by atoms with Crippen molar-refractivity contribution in [3.63, 3.8) is 0 Å². The van der Waals surface area contributed by atoms with E-state index in [0.29, 0.717) is 37.7 Å². The van der Waals surface area contributed by atoms with Crippen LogP contribution in [0.3, 0.4) is 0 Å². The van der Waals surface area contributed by atoms with Crippen molar-refractivity contribution >= 4 is 5.97 Å². The third-order valence-electron chi connectivity index (χ3n) is 10.1. The van der Waals surface area contributed by atoms with Crippen LogP contribution in [-0.2, 0) is 19.0 Å². The highest BCUT2D eigenvalue weighted by molar-refractivity contribution is 5.90. The summed E-state index contributed by atoms with van der Waals surface area (Å²) in [5.41, 5.74) is 0.606. The third kappa shape index (κ3) is 14.7. The van der Waals surface area contributed by atoms with Crippen LogP contribution in [0.4, 0.5) is 0 Å². The Labute approximate surface area is 273 Å². The van der Waals surface area contributed by atoms with E-state index in [1.54, 1.807) is 0 Å². The molecule has 8 heteroatoms. The lowest BCUT2D eigenvalue weighted by molar-refractivity contribution is -0.139. The number of hydrogen-bond acceptors (Lipinski definition) is 8. The summed E-state index contributed by atoms with van der Waals surface area (Å²) in [6, 6.07) is 0. The van der Waals surface area contributed by atoms with Crippen LogP contribution >= 0.6 is 0 Å². The molecular formula is C37H66O8. The molecule has 1 unspecified atom stereocenters.